The van der Waals surface area contributed by atoms with Crippen molar-refractivity contribution in [1.29, 1.82) is 0 Å². The molecule has 0 aliphatic heterocycles. The van der Waals surface area contributed by atoms with E-state index >= 15 is 0 Å². The van der Waals surface area contributed by atoms with Crippen LogP contribution in [0.2, 0.25) is 0 Å². The summed E-state index contributed by atoms with van der Waals surface area (Å²) < 4.78 is 0. The van der Waals surface area contributed by atoms with Crippen molar-refractivity contribution in [1.82, 2.24) is 15.1 Å². The molecule has 0 aliphatic carbocycles. The van der Waals surface area contributed by atoms with Gasteiger partial charge < -0.3 is 20.2 Å². The van der Waals surface area contributed by atoms with Crippen molar-refractivity contribution in [2.45, 2.75) is 39.7 Å². The van der Waals surface area contributed by atoms with Gasteiger partial charge in [-0.15, -0.1) is 0 Å². The van der Waals surface area contributed by atoms with Crippen LogP contribution in [0.5, 0.6) is 0 Å². The average Bonchev–Trinajstić information content (AvgIpc) is 2.34. The van der Waals surface area contributed by atoms with E-state index in [2.05, 4.69) is 43.1 Å². The SMILES string of the molecule is CCCNC(CCN(CCN(C)C)CC(C)C)C(=O)O. The Balaban J connectivity index is 4.27. The van der Waals surface area contributed by atoms with Crippen LogP contribution in [0.4, 0.5) is 0 Å². The minimum atomic E-state index is -0.740. The molecule has 0 heterocycles. The standard InChI is InChI=1S/C15H33N3O2/c1-6-8-16-14(15(19)20)7-9-18(12-13(2)3)11-10-17(4)5/h13-14,16H,6-12H2,1-5H3,(H,19,20). The lowest BCUT2D eigenvalue weighted by atomic mass is 10.1. The van der Waals surface area contributed by atoms with Crippen LogP contribution in [0.1, 0.15) is 33.6 Å². The molecule has 0 aromatic rings. The Bertz CT molecular complexity index is 258. The van der Waals surface area contributed by atoms with Crippen molar-refractivity contribution >= 4 is 5.97 Å². The summed E-state index contributed by atoms with van der Waals surface area (Å²) in [7, 11) is 4.13. The fourth-order valence-corrected chi connectivity index (χ4v) is 2.10. The van der Waals surface area contributed by atoms with Crippen LogP contribution >= 0.6 is 0 Å². The molecule has 0 aromatic carbocycles. The first-order valence-electron chi connectivity index (χ1n) is 7.70. The van der Waals surface area contributed by atoms with E-state index < -0.39 is 12.0 Å². The average molecular weight is 287 g/mol. The minimum Gasteiger partial charge on any atom is -0.480 e. The van der Waals surface area contributed by atoms with E-state index in [1.54, 1.807) is 0 Å². The highest BCUT2D eigenvalue weighted by Gasteiger charge is 2.18. The molecule has 0 aliphatic rings. The van der Waals surface area contributed by atoms with Crippen LogP contribution in [0.3, 0.4) is 0 Å². The molecule has 0 bridgehead atoms. The number of carboxylic acid groups (broad SMARTS) is 1. The fourth-order valence-electron chi connectivity index (χ4n) is 2.10. The van der Waals surface area contributed by atoms with E-state index in [0.29, 0.717) is 12.3 Å². The number of aliphatic carboxylic acids is 1. The topological polar surface area (TPSA) is 55.8 Å². The zero-order valence-electron chi connectivity index (χ0n) is 13.9. The summed E-state index contributed by atoms with van der Waals surface area (Å²) in [5.41, 5.74) is 0. The van der Waals surface area contributed by atoms with Gasteiger partial charge in [0.2, 0.25) is 0 Å². The van der Waals surface area contributed by atoms with E-state index in [-0.39, 0.29) is 0 Å². The summed E-state index contributed by atoms with van der Waals surface area (Å²) in [4.78, 5) is 15.8. The number of nitrogens with one attached hydrogen (secondary N) is 1. The number of carboxylic acids is 1. The molecule has 0 fully saturated rings. The molecule has 0 aromatic heterocycles. The van der Waals surface area contributed by atoms with Gasteiger partial charge in [-0.3, -0.25) is 4.79 Å². The normalized spacial score (nSPS) is 13.4. The Kier molecular flexibility index (Phi) is 10.7. The second kappa shape index (κ2) is 11.1. The summed E-state index contributed by atoms with van der Waals surface area (Å²) in [5.74, 6) is -0.139. The van der Waals surface area contributed by atoms with Gasteiger partial charge in [0.1, 0.15) is 6.04 Å². The Morgan fingerprint density at radius 3 is 2.30 bits per heavy atom. The van der Waals surface area contributed by atoms with Gasteiger partial charge in [-0.05, 0) is 39.4 Å². The Labute approximate surface area is 124 Å². The maximum absolute atomic E-state index is 11.2. The van der Waals surface area contributed by atoms with Crippen LogP contribution < -0.4 is 5.32 Å². The Hall–Kier alpha value is -0.650. The molecule has 2 N–H and O–H groups in total. The predicted octanol–water partition coefficient (Wildman–Crippen LogP) is 1.35. The summed E-state index contributed by atoms with van der Waals surface area (Å²) in [6.45, 7) is 11.1. The van der Waals surface area contributed by atoms with Gasteiger partial charge in [0.15, 0.2) is 0 Å². The molecular formula is C15H33N3O2. The first kappa shape index (κ1) is 19.4. The van der Waals surface area contributed by atoms with Gasteiger partial charge in [-0.2, -0.15) is 0 Å². The molecule has 0 radical (unpaired) electrons. The highest BCUT2D eigenvalue weighted by molar-refractivity contribution is 5.73. The lowest BCUT2D eigenvalue weighted by Crippen LogP contribution is -2.42. The molecule has 120 valence electrons. The van der Waals surface area contributed by atoms with Crippen molar-refractivity contribution in [3.63, 3.8) is 0 Å². The minimum absolute atomic E-state index is 0.427. The summed E-state index contributed by atoms with van der Waals surface area (Å²) >= 11 is 0. The molecule has 0 rings (SSSR count). The van der Waals surface area contributed by atoms with Gasteiger partial charge in [0, 0.05) is 26.2 Å². The molecule has 0 spiro atoms. The summed E-state index contributed by atoms with van der Waals surface area (Å²) in [5, 5.41) is 12.3. The van der Waals surface area contributed by atoms with E-state index in [4.69, 9.17) is 0 Å². The smallest absolute Gasteiger partial charge is 0.320 e. The van der Waals surface area contributed by atoms with Crippen LogP contribution in [-0.2, 0) is 4.79 Å². The third-order valence-corrected chi connectivity index (χ3v) is 3.16. The number of hydrogen-bond donors (Lipinski definition) is 2. The maximum Gasteiger partial charge on any atom is 0.320 e. The summed E-state index contributed by atoms with van der Waals surface area (Å²) in [6.07, 6.45) is 1.62. The van der Waals surface area contributed by atoms with Crippen LogP contribution in [0, 0.1) is 5.92 Å². The van der Waals surface area contributed by atoms with Crippen molar-refractivity contribution in [3.05, 3.63) is 0 Å². The molecule has 0 amide bonds. The maximum atomic E-state index is 11.2. The van der Waals surface area contributed by atoms with Gasteiger partial charge in [0.05, 0.1) is 0 Å². The monoisotopic (exact) mass is 287 g/mol. The van der Waals surface area contributed by atoms with Gasteiger partial charge in [-0.25, -0.2) is 0 Å². The third kappa shape index (κ3) is 10.2. The number of likely N-dealkylation sites (N-methyl/N-ethyl adjacent to an activating group) is 1. The van der Waals surface area contributed by atoms with Crippen LogP contribution in [0.25, 0.3) is 0 Å². The second-order valence-electron chi connectivity index (χ2n) is 6.13. The largest absolute Gasteiger partial charge is 0.480 e. The van der Waals surface area contributed by atoms with Gasteiger partial charge in [0.25, 0.3) is 0 Å². The van der Waals surface area contributed by atoms with E-state index in [1.807, 2.05) is 6.92 Å². The molecule has 5 nitrogen and oxygen atoms in total. The van der Waals surface area contributed by atoms with E-state index in [1.165, 1.54) is 0 Å². The lowest BCUT2D eigenvalue weighted by molar-refractivity contribution is -0.139. The van der Waals surface area contributed by atoms with Crippen molar-refractivity contribution in [3.8, 4) is 0 Å². The second-order valence-corrected chi connectivity index (χ2v) is 6.13. The van der Waals surface area contributed by atoms with Crippen molar-refractivity contribution in [2.24, 2.45) is 5.92 Å². The van der Waals surface area contributed by atoms with Crippen molar-refractivity contribution < 1.29 is 9.90 Å². The van der Waals surface area contributed by atoms with Crippen LogP contribution in [0.15, 0.2) is 0 Å². The molecule has 20 heavy (non-hydrogen) atoms. The van der Waals surface area contributed by atoms with E-state index in [0.717, 1.165) is 39.1 Å². The number of hydrogen-bond acceptors (Lipinski definition) is 4. The molecule has 0 saturated heterocycles. The molecule has 0 saturated carbocycles. The number of carbonyl (C=O) groups is 1. The van der Waals surface area contributed by atoms with Crippen molar-refractivity contribution in [2.75, 3.05) is 46.8 Å². The lowest BCUT2D eigenvalue weighted by Gasteiger charge is -2.27. The highest BCUT2D eigenvalue weighted by atomic mass is 16.4. The third-order valence-electron chi connectivity index (χ3n) is 3.16. The molecule has 5 heteroatoms. The highest BCUT2D eigenvalue weighted by Crippen LogP contribution is 2.03. The van der Waals surface area contributed by atoms with E-state index in [9.17, 15) is 9.90 Å². The molecule has 1 atom stereocenters. The van der Waals surface area contributed by atoms with Gasteiger partial charge >= 0.3 is 5.97 Å². The fraction of sp³-hybridized carbons (Fsp3) is 0.933. The van der Waals surface area contributed by atoms with Crippen LogP contribution in [-0.4, -0.2) is 73.7 Å². The quantitative estimate of drug-likeness (QED) is 0.567. The first-order chi connectivity index (χ1) is 9.36. The molecular weight excluding hydrogens is 254 g/mol. The number of nitrogens with zero attached hydrogens (tertiary/aromatic N) is 2. The zero-order valence-corrected chi connectivity index (χ0v) is 13.9. The van der Waals surface area contributed by atoms with Gasteiger partial charge in [-0.1, -0.05) is 20.8 Å². The first-order valence-corrected chi connectivity index (χ1v) is 7.70. The summed E-state index contributed by atoms with van der Waals surface area (Å²) in [6, 6.07) is -0.427. The predicted molar refractivity (Wildman–Crippen MR) is 84.2 cm³/mol. The number of rotatable bonds is 12. The Morgan fingerprint density at radius 1 is 1.20 bits per heavy atom. The zero-order chi connectivity index (χ0) is 15.5. The molecule has 1 unspecified atom stereocenters. The Morgan fingerprint density at radius 2 is 1.85 bits per heavy atom.